The van der Waals surface area contributed by atoms with Gasteiger partial charge in [-0.15, -0.1) is 0 Å². The Morgan fingerprint density at radius 3 is 2.55 bits per heavy atom. The van der Waals surface area contributed by atoms with Crippen LogP contribution >= 0.6 is 11.6 Å². The van der Waals surface area contributed by atoms with Gasteiger partial charge in [0.15, 0.2) is 0 Å². The van der Waals surface area contributed by atoms with E-state index in [4.69, 9.17) is 11.6 Å². The fourth-order valence-electron chi connectivity index (χ4n) is 2.20. The first-order valence-corrected chi connectivity index (χ1v) is 7.14. The summed E-state index contributed by atoms with van der Waals surface area (Å²) in [7, 11) is 3.52. The number of benzene rings is 2. The van der Waals surface area contributed by atoms with Crippen molar-refractivity contribution in [1.29, 1.82) is 5.26 Å². The van der Waals surface area contributed by atoms with Gasteiger partial charge in [-0.2, -0.15) is 5.26 Å². The third-order valence-corrected chi connectivity index (χ3v) is 3.59. The van der Waals surface area contributed by atoms with Crippen LogP contribution < -0.4 is 10.2 Å². The first kappa shape index (κ1) is 15.9. The predicted octanol–water partition coefficient (Wildman–Crippen LogP) is 3.21. The molecule has 0 aliphatic rings. The van der Waals surface area contributed by atoms with E-state index in [-0.39, 0.29) is 5.91 Å². The second-order valence-electron chi connectivity index (χ2n) is 4.91. The Kier molecular flexibility index (Phi) is 5.03. The van der Waals surface area contributed by atoms with Crippen molar-refractivity contribution in [3.63, 3.8) is 0 Å². The summed E-state index contributed by atoms with van der Waals surface area (Å²) in [6, 6.07) is 14.8. The van der Waals surface area contributed by atoms with E-state index in [1.165, 1.54) is 0 Å². The summed E-state index contributed by atoms with van der Waals surface area (Å²) in [5.74, 6) is -0.107. The van der Waals surface area contributed by atoms with Gasteiger partial charge in [0.1, 0.15) is 6.07 Å². The monoisotopic (exact) mass is 313 g/mol. The molecule has 2 rings (SSSR count). The van der Waals surface area contributed by atoms with Crippen LogP contribution in [0.1, 0.15) is 21.5 Å². The Balaban J connectivity index is 2.17. The normalized spacial score (nSPS) is 9.91. The quantitative estimate of drug-likeness (QED) is 0.943. The topological polar surface area (TPSA) is 56.1 Å². The number of nitrogens with zero attached hydrogens (tertiary/aromatic N) is 2. The lowest BCUT2D eigenvalue weighted by Gasteiger charge is -2.21. The average molecular weight is 314 g/mol. The Morgan fingerprint density at radius 1 is 1.27 bits per heavy atom. The van der Waals surface area contributed by atoms with E-state index in [0.29, 0.717) is 22.7 Å². The minimum Gasteiger partial charge on any atom is -0.369 e. The van der Waals surface area contributed by atoms with Crippen molar-refractivity contribution in [2.24, 2.45) is 0 Å². The van der Waals surface area contributed by atoms with Crippen LogP contribution in [0.25, 0.3) is 0 Å². The molecule has 0 unspecified atom stereocenters. The van der Waals surface area contributed by atoms with E-state index in [0.717, 1.165) is 11.3 Å². The second-order valence-corrected chi connectivity index (χ2v) is 5.34. The zero-order valence-corrected chi connectivity index (χ0v) is 13.2. The molecule has 0 aliphatic heterocycles. The van der Waals surface area contributed by atoms with Gasteiger partial charge in [-0.1, -0.05) is 23.7 Å². The minimum atomic E-state index is -0.107. The highest BCUT2D eigenvalue weighted by molar-refractivity contribution is 6.30. The number of carbonyl (C=O) groups excluding carboxylic acids is 1. The van der Waals surface area contributed by atoms with Gasteiger partial charge >= 0.3 is 0 Å². The van der Waals surface area contributed by atoms with Crippen LogP contribution in [0.4, 0.5) is 5.69 Å². The van der Waals surface area contributed by atoms with Gasteiger partial charge in [0.25, 0.3) is 5.91 Å². The molecule has 5 heteroatoms. The molecular weight excluding hydrogens is 298 g/mol. The standard InChI is InChI=1S/C17H16ClN3O/c1-20-17(22)13-5-3-12(4-6-13)11-21(2)16-8-7-15(18)9-14(16)10-19/h3-9H,11H2,1-2H3,(H,20,22). The van der Waals surface area contributed by atoms with Crippen LogP contribution in [-0.4, -0.2) is 20.0 Å². The zero-order chi connectivity index (χ0) is 16.1. The van der Waals surface area contributed by atoms with Crippen molar-refractivity contribution in [3.05, 3.63) is 64.2 Å². The van der Waals surface area contributed by atoms with Crippen molar-refractivity contribution >= 4 is 23.2 Å². The summed E-state index contributed by atoms with van der Waals surface area (Å²) in [5, 5.41) is 12.3. The van der Waals surface area contributed by atoms with Crippen molar-refractivity contribution in [3.8, 4) is 6.07 Å². The largest absolute Gasteiger partial charge is 0.369 e. The molecule has 0 saturated carbocycles. The predicted molar refractivity (Wildman–Crippen MR) is 88.1 cm³/mol. The summed E-state index contributed by atoms with van der Waals surface area (Å²) in [6.07, 6.45) is 0. The van der Waals surface area contributed by atoms with Gasteiger partial charge in [-0.05, 0) is 35.9 Å². The molecule has 0 aromatic heterocycles. The van der Waals surface area contributed by atoms with Crippen molar-refractivity contribution in [1.82, 2.24) is 5.32 Å². The smallest absolute Gasteiger partial charge is 0.251 e. The summed E-state index contributed by atoms with van der Waals surface area (Å²) < 4.78 is 0. The number of hydrogen-bond donors (Lipinski definition) is 1. The first-order chi connectivity index (χ1) is 10.5. The second kappa shape index (κ2) is 6.97. The molecule has 0 heterocycles. The van der Waals surface area contributed by atoms with E-state index in [2.05, 4.69) is 11.4 Å². The molecule has 0 aliphatic carbocycles. The average Bonchev–Trinajstić information content (AvgIpc) is 2.54. The van der Waals surface area contributed by atoms with E-state index in [1.54, 1.807) is 31.3 Å². The molecular formula is C17H16ClN3O. The maximum Gasteiger partial charge on any atom is 0.251 e. The molecule has 0 bridgehead atoms. The first-order valence-electron chi connectivity index (χ1n) is 6.77. The van der Waals surface area contributed by atoms with Crippen LogP contribution in [0.3, 0.4) is 0 Å². The number of hydrogen-bond acceptors (Lipinski definition) is 3. The third-order valence-electron chi connectivity index (χ3n) is 3.35. The van der Waals surface area contributed by atoms with E-state index < -0.39 is 0 Å². The minimum absolute atomic E-state index is 0.107. The summed E-state index contributed by atoms with van der Waals surface area (Å²) in [4.78, 5) is 13.5. The lowest BCUT2D eigenvalue weighted by atomic mass is 10.1. The van der Waals surface area contributed by atoms with Crippen LogP contribution in [0, 0.1) is 11.3 Å². The molecule has 0 saturated heterocycles. The van der Waals surface area contributed by atoms with E-state index in [9.17, 15) is 10.1 Å². The number of halogens is 1. The van der Waals surface area contributed by atoms with Gasteiger partial charge < -0.3 is 10.2 Å². The lowest BCUT2D eigenvalue weighted by Crippen LogP contribution is -2.19. The summed E-state index contributed by atoms with van der Waals surface area (Å²) >= 11 is 5.91. The number of anilines is 1. The van der Waals surface area contributed by atoms with Crippen molar-refractivity contribution in [2.45, 2.75) is 6.54 Å². The lowest BCUT2D eigenvalue weighted by molar-refractivity contribution is 0.0963. The summed E-state index contributed by atoms with van der Waals surface area (Å²) in [6.45, 7) is 0.629. The molecule has 4 nitrogen and oxygen atoms in total. The molecule has 1 N–H and O–H groups in total. The van der Waals surface area contributed by atoms with Crippen LogP contribution in [0.5, 0.6) is 0 Å². The number of nitriles is 1. The molecule has 2 aromatic carbocycles. The Labute approximate surface area is 134 Å². The molecule has 0 spiro atoms. The van der Waals surface area contributed by atoms with Crippen LogP contribution in [0.15, 0.2) is 42.5 Å². The maximum absolute atomic E-state index is 11.5. The van der Waals surface area contributed by atoms with Gasteiger partial charge in [-0.25, -0.2) is 0 Å². The molecule has 0 radical (unpaired) electrons. The molecule has 22 heavy (non-hydrogen) atoms. The number of rotatable bonds is 4. The van der Waals surface area contributed by atoms with Gasteiger partial charge in [0, 0.05) is 31.2 Å². The summed E-state index contributed by atoms with van der Waals surface area (Å²) in [5.41, 5.74) is 3.03. The third kappa shape index (κ3) is 3.57. The molecule has 112 valence electrons. The van der Waals surface area contributed by atoms with E-state index in [1.807, 2.05) is 30.1 Å². The highest BCUT2D eigenvalue weighted by Gasteiger charge is 2.09. The maximum atomic E-state index is 11.5. The fourth-order valence-corrected chi connectivity index (χ4v) is 2.37. The highest BCUT2D eigenvalue weighted by atomic mass is 35.5. The number of nitrogens with one attached hydrogen (secondary N) is 1. The van der Waals surface area contributed by atoms with Gasteiger partial charge in [0.2, 0.25) is 0 Å². The molecule has 1 amide bonds. The Bertz CT molecular complexity index is 720. The highest BCUT2D eigenvalue weighted by Crippen LogP contribution is 2.24. The number of carbonyl (C=O) groups is 1. The zero-order valence-electron chi connectivity index (χ0n) is 12.4. The Morgan fingerprint density at radius 2 is 1.95 bits per heavy atom. The van der Waals surface area contributed by atoms with Crippen LogP contribution in [-0.2, 0) is 6.54 Å². The molecule has 0 fully saturated rings. The Hall–Kier alpha value is -2.51. The van der Waals surface area contributed by atoms with E-state index >= 15 is 0 Å². The van der Waals surface area contributed by atoms with Crippen LogP contribution in [0.2, 0.25) is 5.02 Å². The van der Waals surface area contributed by atoms with Gasteiger partial charge in [-0.3, -0.25) is 4.79 Å². The SMILES string of the molecule is CNC(=O)c1ccc(CN(C)c2ccc(Cl)cc2C#N)cc1. The van der Waals surface area contributed by atoms with Crippen molar-refractivity contribution in [2.75, 3.05) is 19.0 Å². The van der Waals surface area contributed by atoms with Crippen molar-refractivity contribution < 1.29 is 4.79 Å². The number of amides is 1. The molecule has 2 aromatic rings. The fraction of sp³-hybridized carbons (Fsp3) is 0.176. The van der Waals surface area contributed by atoms with Gasteiger partial charge in [0.05, 0.1) is 11.3 Å². The molecule has 0 atom stereocenters.